The highest BCUT2D eigenvalue weighted by atomic mass is 79.9. The lowest BCUT2D eigenvalue weighted by Gasteiger charge is -2.22. The van der Waals surface area contributed by atoms with E-state index in [1.54, 1.807) is 0 Å². The van der Waals surface area contributed by atoms with Gasteiger partial charge in [0.2, 0.25) is 15.9 Å². The maximum absolute atomic E-state index is 13.2. The Balaban J connectivity index is 1.86. The van der Waals surface area contributed by atoms with Crippen molar-refractivity contribution in [3.63, 3.8) is 0 Å². The highest BCUT2D eigenvalue weighted by molar-refractivity contribution is 9.10. The highest BCUT2D eigenvalue weighted by Crippen LogP contribution is 2.25. The Morgan fingerprint density at radius 1 is 1.00 bits per heavy atom. The second kappa shape index (κ2) is 10.8. The molecule has 0 aliphatic carbocycles. The van der Waals surface area contributed by atoms with Gasteiger partial charge >= 0.3 is 0 Å². The topological polar surface area (TPSA) is 75.3 Å². The molecular weight excluding hydrogens is 535 g/mol. The van der Waals surface area contributed by atoms with Crippen LogP contribution in [0.25, 0.3) is 0 Å². The molecule has 0 saturated carbocycles. The van der Waals surface area contributed by atoms with Crippen LogP contribution in [0.4, 0.5) is 0 Å². The van der Waals surface area contributed by atoms with Gasteiger partial charge in [0, 0.05) is 9.50 Å². The van der Waals surface area contributed by atoms with E-state index in [9.17, 15) is 13.2 Å². The lowest BCUT2D eigenvalue weighted by Crippen LogP contribution is -2.48. The van der Waals surface area contributed by atoms with Crippen molar-refractivity contribution in [2.24, 2.45) is 0 Å². The van der Waals surface area contributed by atoms with Gasteiger partial charge in [-0.1, -0.05) is 81.6 Å². The van der Waals surface area contributed by atoms with E-state index in [1.165, 1.54) is 18.2 Å². The third-order valence-corrected chi connectivity index (χ3v) is 7.53. The van der Waals surface area contributed by atoms with E-state index in [1.807, 2.05) is 61.5 Å². The minimum atomic E-state index is -4.12. The second-order valence-electron chi connectivity index (χ2n) is 7.22. The van der Waals surface area contributed by atoms with E-state index in [2.05, 4.69) is 26.0 Å². The third-order valence-electron chi connectivity index (χ3n) is 4.81. The molecule has 168 valence electrons. The molecule has 0 saturated heterocycles. The molecule has 0 heterocycles. The third kappa shape index (κ3) is 6.56. The normalized spacial score (nSPS) is 13.4. The Morgan fingerprint density at radius 3 is 2.31 bits per heavy atom. The number of hydrogen-bond donors (Lipinski definition) is 2. The summed E-state index contributed by atoms with van der Waals surface area (Å²) in [6.45, 7) is 1.84. The SMILES string of the molecule is C[C@H](NC(=O)[C@H](Cc1ccccc1)NS(=O)(=O)c1cc(Cl)ccc1Cl)c1ccc(Br)cc1. The Morgan fingerprint density at radius 2 is 1.66 bits per heavy atom. The summed E-state index contributed by atoms with van der Waals surface area (Å²) in [6.07, 6.45) is 0.164. The molecule has 9 heteroatoms. The summed E-state index contributed by atoms with van der Waals surface area (Å²) >= 11 is 15.5. The van der Waals surface area contributed by atoms with Gasteiger partial charge in [0.25, 0.3) is 0 Å². The predicted octanol–water partition coefficient (Wildman–Crippen LogP) is 5.52. The van der Waals surface area contributed by atoms with Crippen molar-refractivity contribution in [3.05, 3.63) is 98.4 Å². The van der Waals surface area contributed by atoms with Gasteiger partial charge in [-0.25, -0.2) is 8.42 Å². The monoisotopic (exact) mass is 554 g/mol. The summed E-state index contributed by atoms with van der Waals surface area (Å²) < 4.78 is 29.6. The number of halogens is 3. The number of carbonyl (C=O) groups excluding carboxylic acids is 1. The first kappa shape index (κ1) is 24.7. The molecule has 0 radical (unpaired) electrons. The van der Waals surface area contributed by atoms with Gasteiger partial charge in [0.15, 0.2) is 0 Å². The summed E-state index contributed by atoms with van der Waals surface area (Å²) in [5.41, 5.74) is 1.70. The number of nitrogens with one attached hydrogen (secondary N) is 2. The molecule has 0 unspecified atom stereocenters. The maximum atomic E-state index is 13.2. The van der Waals surface area contributed by atoms with Crippen LogP contribution in [0.5, 0.6) is 0 Å². The molecule has 3 rings (SSSR count). The molecule has 5 nitrogen and oxygen atoms in total. The van der Waals surface area contributed by atoms with Gasteiger partial charge in [0.1, 0.15) is 10.9 Å². The largest absolute Gasteiger partial charge is 0.348 e. The summed E-state index contributed by atoms with van der Waals surface area (Å²) in [5.74, 6) is -0.453. The van der Waals surface area contributed by atoms with Crippen LogP contribution in [0, 0.1) is 0 Å². The zero-order valence-electron chi connectivity index (χ0n) is 17.1. The van der Waals surface area contributed by atoms with Crippen molar-refractivity contribution in [1.82, 2.24) is 10.0 Å². The summed E-state index contributed by atoms with van der Waals surface area (Å²) in [4.78, 5) is 13.0. The van der Waals surface area contributed by atoms with Crippen molar-refractivity contribution in [2.75, 3.05) is 0 Å². The molecule has 0 spiro atoms. The molecule has 0 aromatic heterocycles. The summed E-state index contributed by atoms with van der Waals surface area (Å²) in [5, 5.41) is 3.14. The molecule has 2 N–H and O–H groups in total. The molecule has 0 aliphatic heterocycles. The van der Waals surface area contributed by atoms with Crippen LogP contribution in [-0.4, -0.2) is 20.4 Å². The number of sulfonamides is 1. The minimum absolute atomic E-state index is 0.0176. The van der Waals surface area contributed by atoms with Crippen molar-refractivity contribution in [1.29, 1.82) is 0 Å². The Labute approximate surface area is 206 Å². The Bertz CT molecular complexity index is 1190. The molecular formula is C23H21BrCl2N2O3S. The van der Waals surface area contributed by atoms with Crippen LogP contribution in [0.15, 0.2) is 82.2 Å². The van der Waals surface area contributed by atoms with Crippen LogP contribution in [0.1, 0.15) is 24.1 Å². The molecule has 0 bridgehead atoms. The fourth-order valence-corrected chi connectivity index (χ4v) is 5.34. The van der Waals surface area contributed by atoms with Crippen molar-refractivity contribution in [3.8, 4) is 0 Å². The fourth-order valence-electron chi connectivity index (χ4n) is 3.12. The minimum Gasteiger partial charge on any atom is -0.348 e. The van der Waals surface area contributed by atoms with E-state index in [4.69, 9.17) is 23.2 Å². The zero-order chi connectivity index (χ0) is 23.3. The quantitative estimate of drug-likeness (QED) is 0.384. The van der Waals surface area contributed by atoms with Crippen LogP contribution in [0.3, 0.4) is 0 Å². The number of rotatable bonds is 8. The smallest absolute Gasteiger partial charge is 0.242 e. The molecule has 3 aromatic carbocycles. The van der Waals surface area contributed by atoms with Gasteiger partial charge in [-0.2, -0.15) is 4.72 Å². The summed E-state index contributed by atoms with van der Waals surface area (Å²) in [7, 11) is -4.12. The standard InChI is InChI=1S/C23H21BrCl2N2O3S/c1-15(17-7-9-18(24)10-8-17)27-23(29)21(13-16-5-3-2-4-6-16)28-32(30,31)22-14-19(25)11-12-20(22)26/h2-12,14-15,21,28H,13H2,1H3,(H,27,29)/t15-,21-/m0/s1. The second-order valence-corrected chi connectivity index (χ2v) is 10.7. The van der Waals surface area contributed by atoms with E-state index < -0.39 is 22.0 Å². The van der Waals surface area contributed by atoms with Crippen LogP contribution in [0.2, 0.25) is 10.0 Å². The van der Waals surface area contributed by atoms with Gasteiger partial charge in [-0.15, -0.1) is 0 Å². The lowest BCUT2D eigenvalue weighted by molar-refractivity contribution is -0.123. The molecule has 3 aromatic rings. The van der Waals surface area contributed by atoms with E-state index in [0.717, 1.165) is 15.6 Å². The Hall–Kier alpha value is -1.90. The number of hydrogen-bond acceptors (Lipinski definition) is 3. The van der Waals surface area contributed by atoms with Crippen molar-refractivity contribution in [2.45, 2.75) is 30.3 Å². The van der Waals surface area contributed by atoms with Crippen molar-refractivity contribution >= 4 is 55.1 Å². The highest BCUT2D eigenvalue weighted by Gasteiger charge is 2.28. The first-order valence-corrected chi connectivity index (χ1v) is 12.8. The summed E-state index contributed by atoms with van der Waals surface area (Å²) in [6, 6.07) is 19.5. The van der Waals surface area contributed by atoms with E-state index in [0.29, 0.717) is 0 Å². The first-order valence-electron chi connectivity index (χ1n) is 9.73. The van der Waals surface area contributed by atoms with Crippen molar-refractivity contribution < 1.29 is 13.2 Å². The average molecular weight is 556 g/mol. The molecule has 32 heavy (non-hydrogen) atoms. The first-order chi connectivity index (χ1) is 15.2. The maximum Gasteiger partial charge on any atom is 0.242 e. The van der Waals surface area contributed by atoms with E-state index >= 15 is 0 Å². The van der Waals surface area contributed by atoms with Gasteiger partial charge in [0.05, 0.1) is 11.1 Å². The van der Waals surface area contributed by atoms with Gasteiger partial charge in [-0.3, -0.25) is 4.79 Å². The number of carbonyl (C=O) groups is 1. The van der Waals surface area contributed by atoms with E-state index in [-0.39, 0.29) is 27.4 Å². The van der Waals surface area contributed by atoms with Gasteiger partial charge < -0.3 is 5.32 Å². The molecule has 1 amide bonds. The number of amides is 1. The average Bonchev–Trinajstić information content (AvgIpc) is 2.76. The van der Waals surface area contributed by atoms with Crippen LogP contribution in [-0.2, 0) is 21.2 Å². The van der Waals surface area contributed by atoms with Crippen LogP contribution >= 0.6 is 39.1 Å². The Kier molecular flexibility index (Phi) is 8.36. The molecule has 0 fully saturated rings. The lowest BCUT2D eigenvalue weighted by atomic mass is 10.0. The van der Waals surface area contributed by atoms with Crippen LogP contribution < -0.4 is 10.0 Å². The molecule has 2 atom stereocenters. The fraction of sp³-hybridized carbons (Fsp3) is 0.174. The predicted molar refractivity (Wildman–Crippen MR) is 131 cm³/mol. The molecule has 0 aliphatic rings. The number of benzene rings is 3. The van der Waals surface area contributed by atoms with Gasteiger partial charge in [-0.05, 0) is 54.8 Å². The zero-order valence-corrected chi connectivity index (χ0v) is 21.0.